The summed E-state index contributed by atoms with van der Waals surface area (Å²) in [6.07, 6.45) is 4.19. The maximum Gasteiger partial charge on any atom is 0.252 e. The van der Waals surface area contributed by atoms with Crippen molar-refractivity contribution in [3.05, 3.63) is 46.0 Å². The van der Waals surface area contributed by atoms with E-state index in [0.717, 1.165) is 31.5 Å². The molecule has 1 aliphatic rings. The Labute approximate surface area is 119 Å². The minimum absolute atomic E-state index is 0.0977. The standard InChI is InChI=1S/C15H19ClN2O/c1-11-2-3-13(14(16)10-11)15(19)18-9-6-12-4-7-17-8-5-12/h2-4,10,17H,5-9H2,1H3,(H,18,19). The predicted molar refractivity (Wildman–Crippen MR) is 78.7 cm³/mol. The van der Waals surface area contributed by atoms with Gasteiger partial charge in [0.05, 0.1) is 10.6 Å². The summed E-state index contributed by atoms with van der Waals surface area (Å²) in [5.74, 6) is -0.0977. The number of amides is 1. The van der Waals surface area contributed by atoms with Crippen LogP contribution in [0.25, 0.3) is 0 Å². The minimum atomic E-state index is -0.0977. The van der Waals surface area contributed by atoms with Crippen LogP contribution in [-0.4, -0.2) is 25.5 Å². The number of carbonyl (C=O) groups is 1. The lowest BCUT2D eigenvalue weighted by molar-refractivity contribution is 0.0954. The molecule has 0 saturated carbocycles. The fraction of sp³-hybridized carbons (Fsp3) is 0.400. The first kappa shape index (κ1) is 14.1. The summed E-state index contributed by atoms with van der Waals surface area (Å²) in [6, 6.07) is 5.48. The molecule has 1 aliphatic heterocycles. The monoisotopic (exact) mass is 278 g/mol. The Morgan fingerprint density at radius 2 is 2.32 bits per heavy atom. The summed E-state index contributed by atoms with van der Waals surface area (Å²) < 4.78 is 0. The van der Waals surface area contributed by atoms with Crippen LogP contribution >= 0.6 is 11.6 Å². The molecule has 0 fully saturated rings. The molecule has 4 heteroatoms. The van der Waals surface area contributed by atoms with E-state index in [1.807, 2.05) is 19.1 Å². The smallest absolute Gasteiger partial charge is 0.252 e. The third kappa shape index (κ3) is 4.08. The predicted octanol–water partition coefficient (Wildman–Crippen LogP) is 2.69. The lowest BCUT2D eigenvalue weighted by Crippen LogP contribution is -2.26. The average molecular weight is 279 g/mol. The zero-order valence-electron chi connectivity index (χ0n) is 11.1. The Balaban J connectivity index is 1.85. The average Bonchev–Trinajstić information content (AvgIpc) is 2.39. The largest absolute Gasteiger partial charge is 0.352 e. The van der Waals surface area contributed by atoms with E-state index < -0.39 is 0 Å². The van der Waals surface area contributed by atoms with E-state index in [-0.39, 0.29) is 5.91 Å². The van der Waals surface area contributed by atoms with Crippen LogP contribution < -0.4 is 10.6 Å². The van der Waals surface area contributed by atoms with Gasteiger partial charge in [-0.2, -0.15) is 0 Å². The molecule has 1 heterocycles. The second kappa shape index (κ2) is 6.73. The van der Waals surface area contributed by atoms with Crippen molar-refractivity contribution >= 4 is 17.5 Å². The first-order valence-electron chi connectivity index (χ1n) is 6.60. The van der Waals surface area contributed by atoms with Gasteiger partial charge in [0.25, 0.3) is 5.91 Å². The topological polar surface area (TPSA) is 41.1 Å². The highest BCUT2D eigenvalue weighted by Gasteiger charge is 2.10. The SMILES string of the molecule is Cc1ccc(C(=O)NCCC2=CCNCC2)c(Cl)c1. The molecule has 0 radical (unpaired) electrons. The van der Waals surface area contributed by atoms with Gasteiger partial charge in [0.1, 0.15) is 0 Å². The fourth-order valence-corrected chi connectivity index (χ4v) is 2.45. The van der Waals surface area contributed by atoms with E-state index in [1.165, 1.54) is 5.57 Å². The van der Waals surface area contributed by atoms with Crippen LogP contribution in [0.2, 0.25) is 5.02 Å². The number of rotatable bonds is 4. The third-order valence-corrected chi connectivity index (χ3v) is 3.57. The first-order chi connectivity index (χ1) is 9.16. The Morgan fingerprint density at radius 1 is 1.47 bits per heavy atom. The van der Waals surface area contributed by atoms with Crippen LogP contribution in [0.3, 0.4) is 0 Å². The molecular formula is C15H19ClN2O. The summed E-state index contributed by atoms with van der Waals surface area (Å²) in [7, 11) is 0. The number of aryl methyl sites for hydroxylation is 1. The van der Waals surface area contributed by atoms with Gasteiger partial charge in [-0.25, -0.2) is 0 Å². The molecule has 2 N–H and O–H groups in total. The number of carbonyl (C=O) groups excluding carboxylic acids is 1. The molecule has 2 rings (SSSR count). The summed E-state index contributed by atoms with van der Waals surface area (Å²) >= 11 is 6.07. The van der Waals surface area contributed by atoms with Crippen molar-refractivity contribution in [3.63, 3.8) is 0 Å². The van der Waals surface area contributed by atoms with Gasteiger partial charge in [0, 0.05) is 13.1 Å². The van der Waals surface area contributed by atoms with E-state index in [1.54, 1.807) is 6.07 Å². The molecule has 0 bridgehead atoms. The van der Waals surface area contributed by atoms with Gasteiger partial charge < -0.3 is 10.6 Å². The van der Waals surface area contributed by atoms with Gasteiger partial charge in [-0.15, -0.1) is 0 Å². The summed E-state index contributed by atoms with van der Waals surface area (Å²) in [5, 5.41) is 6.71. The summed E-state index contributed by atoms with van der Waals surface area (Å²) in [6.45, 7) is 4.59. The fourth-order valence-electron chi connectivity index (χ4n) is 2.13. The molecule has 0 atom stereocenters. The third-order valence-electron chi connectivity index (χ3n) is 3.26. The van der Waals surface area contributed by atoms with E-state index in [0.29, 0.717) is 17.1 Å². The zero-order valence-corrected chi connectivity index (χ0v) is 11.9. The van der Waals surface area contributed by atoms with E-state index in [4.69, 9.17) is 11.6 Å². The van der Waals surface area contributed by atoms with Crippen molar-refractivity contribution in [2.24, 2.45) is 0 Å². The van der Waals surface area contributed by atoms with Gasteiger partial charge >= 0.3 is 0 Å². The molecule has 0 spiro atoms. The van der Waals surface area contributed by atoms with Crippen LogP contribution in [0, 0.1) is 6.92 Å². The number of hydrogen-bond donors (Lipinski definition) is 2. The number of benzene rings is 1. The molecule has 0 saturated heterocycles. The van der Waals surface area contributed by atoms with Gasteiger partial charge in [-0.1, -0.05) is 29.3 Å². The molecule has 0 aliphatic carbocycles. The van der Waals surface area contributed by atoms with Crippen LogP contribution in [0.15, 0.2) is 29.8 Å². The van der Waals surface area contributed by atoms with E-state index in [2.05, 4.69) is 16.7 Å². The van der Waals surface area contributed by atoms with Crippen LogP contribution in [0.4, 0.5) is 0 Å². The number of hydrogen-bond acceptors (Lipinski definition) is 2. The van der Waals surface area contributed by atoms with Crippen LogP contribution in [0.5, 0.6) is 0 Å². The Hall–Kier alpha value is -1.32. The highest BCUT2D eigenvalue weighted by atomic mass is 35.5. The second-order valence-corrected chi connectivity index (χ2v) is 5.21. The lowest BCUT2D eigenvalue weighted by Gasteiger charge is -2.14. The normalized spacial score (nSPS) is 14.9. The highest BCUT2D eigenvalue weighted by Crippen LogP contribution is 2.17. The quantitative estimate of drug-likeness (QED) is 0.832. The zero-order chi connectivity index (χ0) is 13.7. The molecule has 19 heavy (non-hydrogen) atoms. The van der Waals surface area contributed by atoms with Crippen LogP contribution in [-0.2, 0) is 0 Å². The number of nitrogens with one attached hydrogen (secondary N) is 2. The Kier molecular flexibility index (Phi) is 5.00. The van der Waals surface area contributed by atoms with Gasteiger partial charge in [0.2, 0.25) is 0 Å². The second-order valence-electron chi connectivity index (χ2n) is 4.81. The molecule has 102 valence electrons. The van der Waals surface area contributed by atoms with Crippen molar-refractivity contribution < 1.29 is 4.79 Å². The highest BCUT2D eigenvalue weighted by molar-refractivity contribution is 6.33. The molecular weight excluding hydrogens is 260 g/mol. The van der Waals surface area contributed by atoms with E-state index >= 15 is 0 Å². The molecule has 0 aromatic heterocycles. The molecule has 0 unspecified atom stereocenters. The first-order valence-corrected chi connectivity index (χ1v) is 6.97. The Bertz CT molecular complexity index is 497. The van der Waals surface area contributed by atoms with E-state index in [9.17, 15) is 4.79 Å². The van der Waals surface area contributed by atoms with Crippen LogP contribution in [0.1, 0.15) is 28.8 Å². The van der Waals surface area contributed by atoms with Gasteiger partial charge in [-0.3, -0.25) is 4.79 Å². The number of halogens is 1. The Morgan fingerprint density at radius 3 is 3.00 bits per heavy atom. The maximum absolute atomic E-state index is 12.0. The maximum atomic E-state index is 12.0. The molecule has 3 nitrogen and oxygen atoms in total. The minimum Gasteiger partial charge on any atom is -0.352 e. The van der Waals surface area contributed by atoms with Gasteiger partial charge in [0.15, 0.2) is 0 Å². The lowest BCUT2D eigenvalue weighted by atomic mass is 10.1. The van der Waals surface area contributed by atoms with Crippen molar-refractivity contribution in [2.45, 2.75) is 19.8 Å². The molecule has 1 amide bonds. The molecule has 1 aromatic carbocycles. The van der Waals surface area contributed by atoms with Crippen molar-refractivity contribution in [3.8, 4) is 0 Å². The van der Waals surface area contributed by atoms with Crippen molar-refractivity contribution in [1.29, 1.82) is 0 Å². The van der Waals surface area contributed by atoms with Crippen molar-refractivity contribution in [1.82, 2.24) is 10.6 Å². The van der Waals surface area contributed by atoms with Crippen molar-refractivity contribution in [2.75, 3.05) is 19.6 Å². The van der Waals surface area contributed by atoms with Gasteiger partial charge in [-0.05, 0) is 44.0 Å². The summed E-state index contributed by atoms with van der Waals surface area (Å²) in [5.41, 5.74) is 3.02. The summed E-state index contributed by atoms with van der Waals surface area (Å²) in [4.78, 5) is 12.0. The molecule has 1 aromatic rings.